The number of unbranched alkanes of at least 4 members (excludes halogenated alkanes) is 2. The molecule has 1 unspecified atom stereocenters. The van der Waals surface area contributed by atoms with Gasteiger partial charge in [-0.05, 0) is 19.3 Å². The Balaban J connectivity index is 2.14. The van der Waals surface area contributed by atoms with Crippen LogP contribution in [0.15, 0.2) is 0 Å². The highest BCUT2D eigenvalue weighted by molar-refractivity contribution is 5.84. The summed E-state index contributed by atoms with van der Waals surface area (Å²) in [6.07, 6.45) is 8.77. The number of terminal acetylenes is 1. The molecular formula is C14H21NO4. The lowest BCUT2D eigenvalue weighted by atomic mass is 9.96. The predicted octanol–water partition coefficient (Wildman–Crippen LogP) is 0.956. The summed E-state index contributed by atoms with van der Waals surface area (Å²) in [4.78, 5) is 22.4. The molecule has 5 heteroatoms. The molecule has 1 aliphatic rings. The molecule has 5 nitrogen and oxygen atoms in total. The lowest BCUT2D eigenvalue weighted by Gasteiger charge is -2.12. The number of hydrogen-bond acceptors (Lipinski definition) is 4. The quantitative estimate of drug-likeness (QED) is 0.505. The average molecular weight is 267 g/mol. The van der Waals surface area contributed by atoms with Crippen molar-refractivity contribution in [3.8, 4) is 12.3 Å². The first kappa shape index (κ1) is 15.7. The van der Waals surface area contributed by atoms with Crippen LogP contribution in [0.5, 0.6) is 0 Å². The minimum Gasteiger partial charge on any atom is -0.480 e. The van der Waals surface area contributed by atoms with E-state index in [0.717, 1.165) is 19.3 Å². The summed E-state index contributed by atoms with van der Waals surface area (Å²) in [5.74, 6) is 1.59. The van der Waals surface area contributed by atoms with Gasteiger partial charge >= 0.3 is 5.97 Å². The summed E-state index contributed by atoms with van der Waals surface area (Å²) < 4.78 is 5.36. The number of rotatable bonds is 8. The molecule has 106 valence electrons. The van der Waals surface area contributed by atoms with Crippen LogP contribution < -0.4 is 5.73 Å². The Morgan fingerprint density at radius 2 is 2.16 bits per heavy atom. The highest BCUT2D eigenvalue weighted by Gasteiger charge is 2.31. The summed E-state index contributed by atoms with van der Waals surface area (Å²) >= 11 is 0. The van der Waals surface area contributed by atoms with Crippen LogP contribution in [-0.4, -0.2) is 35.6 Å². The second-order valence-corrected chi connectivity index (χ2v) is 4.86. The van der Waals surface area contributed by atoms with Gasteiger partial charge in [-0.3, -0.25) is 9.59 Å². The van der Waals surface area contributed by atoms with Gasteiger partial charge in [0.1, 0.15) is 12.1 Å². The van der Waals surface area contributed by atoms with Gasteiger partial charge in [-0.15, -0.1) is 12.3 Å². The number of carbonyl (C=O) groups is 2. The van der Waals surface area contributed by atoms with Gasteiger partial charge in [-0.2, -0.15) is 0 Å². The van der Waals surface area contributed by atoms with E-state index in [9.17, 15) is 9.59 Å². The maximum Gasteiger partial charge on any atom is 0.320 e. The first-order valence-corrected chi connectivity index (χ1v) is 6.65. The summed E-state index contributed by atoms with van der Waals surface area (Å²) in [6.45, 7) is 0.554. The van der Waals surface area contributed by atoms with E-state index in [2.05, 4.69) is 5.92 Å². The standard InChI is InChI=1S/C14H21NO4/c1-2-10-8-9-19-13(10)12(16)7-5-3-4-6-11(15)14(17)18/h1,10-11,13H,3-9,15H2,(H,17,18)/t10-,11?,13-/m1/s1. The van der Waals surface area contributed by atoms with Crippen LogP contribution in [0.4, 0.5) is 0 Å². The zero-order chi connectivity index (χ0) is 14.3. The van der Waals surface area contributed by atoms with Gasteiger partial charge in [-0.25, -0.2) is 0 Å². The molecule has 0 aromatic rings. The Labute approximate surface area is 113 Å². The van der Waals surface area contributed by atoms with Crippen LogP contribution in [0, 0.1) is 18.3 Å². The minimum absolute atomic E-state index is 0.0583. The van der Waals surface area contributed by atoms with Crippen molar-refractivity contribution in [2.24, 2.45) is 11.7 Å². The number of Topliss-reactive ketones (excluding diaryl/α,β-unsaturated/α-hetero) is 1. The van der Waals surface area contributed by atoms with Crippen molar-refractivity contribution < 1.29 is 19.4 Å². The van der Waals surface area contributed by atoms with Gasteiger partial charge in [0.15, 0.2) is 5.78 Å². The second-order valence-electron chi connectivity index (χ2n) is 4.86. The van der Waals surface area contributed by atoms with Gasteiger partial charge in [0, 0.05) is 13.0 Å². The van der Waals surface area contributed by atoms with Crippen molar-refractivity contribution in [1.82, 2.24) is 0 Å². The smallest absolute Gasteiger partial charge is 0.320 e. The summed E-state index contributed by atoms with van der Waals surface area (Å²) in [5.41, 5.74) is 5.39. The molecule has 0 aromatic carbocycles. The SMILES string of the molecule is C#C[C@@H]1CCO[C@H]1C(=O)CCCCCC(N)C(=O)O. The summed E-state index contributed by atoms with van der Waals surface area (Å²) in [5, 5.41) is 8.61. The van der Waals surface area contributed by atoms with Crippen LogP contribution in [0.3, 0.4) is 0 Å². The molecule has 1 saturated heterocycles. The molecule has 0 aliphatic carbocycles. The first-order valence-electron chi connectivity index (χ1n) is 6.65. The van der Waals surface area contributed by atoms with Crippen molar-refractivity contribution in [1.29, 1.82) is 0 Å². The lowest BCUT2D eigenvalue weighted by molar-refractivity contribution is -0.138. The van der Waals surface area contributed by atoms with E-state index in [1.165, 1.54) is 0 Å². The maximum absolute atomic E-state index is 11.9. The number of carboxylic acids is 1. The third-order valence-corrected chi connectivity index (χ3v) is 3.38. The molecule has 1 aliphatic heterocycles. The van der Waals surface area contributed by atoms with Gasteiger partial charge in [0.2, 0.25) is 0 Å². The summed E-state index contributed by atoms with van der Waals surface area (Å²) in [6, 6.07) is -0.806. The fourth-order valence-corrected chi connectivity index (χ4v) is 2.18. The number of ether oxygens (including phenoxy) is 1. The maximum atomic E-state index is 11.9. The number of carboxylic acid groups (broad SMARTS) is 1. The average Bonchev–Trinajstić information content (AvgIpc) is 2.85. The third kappa shape index (κ3) is 5.01. The second kappa shape index (κ2) is 7.93. The van der Waals surface area contributed by atoms with Crippen LogP contribution in [-0.2, 0) is 14.3 Å². The first-order chi connectivity index (χ1) is 9.06. The predicted molar refractivity (Wildman–Crippen MR) is 70.4 cm³/mol. The third-order valence-electron chi connectivity index (χ3n) is 3.38. The van der Waals surface area contributed by atoms with Crippen molar-refractivity contribution in [2.75, 3.05) is 6.61 Å². The number of ketones is 1. The lowest BCUT2D eigenvalue weighted by Crippen LogP contribution is -2.29. The van der Waals surface area contributed by atoms with E-state index < -0.39 is 18.1 Å². The Morgan fingerprint density at radius 3 is 2.79 bits per heavy atom. The molecular weight excluding hydrogens is 246 g/mol. The van der Waals surface area contributed by atoms with Gasteiger partial charge in [0.05, 0.1) is 5.92 Å². The molecule has 0 aromatic heterocycles. The highest BCUT2D eigenvalue weighted by atomic mass is 16.5. The largest absolute Gasteiger partial charge is 0.480 e. The molecule has 1 heterocycles. The number of hydrogen-bond donors (Lipinski definition) is 2. The van der Waals surface area contributed by atoms with Crippen LogP contribution in [0.2, 0.25) is 0 Å². The topological polar surface area (TPSA) is 89.6 Å². The zero-order valence-corrected chi connectivity index (χ0v) is 11.0. The Bertz CT molecular complexity index is 361. The fraction of sp³-hybridized carbons (Fsp3) is 0.714. The molecule has 1 rings (SSSR count). The molecule has 0 bridgehead atoms. The number of nitrogens with two attached hydrogens (primary N) is 1. The minimum atomic E-state index is -0.979. The van der Waals surface area contributed by atoms with Gasteiger partial charge in [-0.1, -0.05) is 12.8 Å². The van der Waals surface area contributed by atoms with E-state index >= 15 is 0 Å². The Kier molecular flexibility index (Phi) is 6.54. The van der Waals surface area contributed by atoms with Gasteiger partial charge in [0.25, 0.3) is 0 Å². The molecule has 0 spiro atoms. The normalized spacial score (nSPS) is 23.8. The van der Waals surface area contributed by atoms with Crippen LogP contribution >= 0.6 is 0 Å². The Morgan fingerprint density at radius 1 is 1.42 bits per heavy atom. The van der Waals surface area contributed by atoms with Crippen molar-refractivity contribution >= 4 is 11.8 Å². The molecule has 3 atom stereocenters. The van der Waals surface area contributed by atoms with Crippen molar-refractivity contribution in [3.05, 3.63) is 0 Å². The van der Waals surface area contributed by atoms with Crippen LogP contribution in [0.1, 0.15) is 38.5 Å². The monoisotopic (exact) mass is 267 g/mol. The molecule has 0 radical (unpaired) electrons. The number of carbonyl (C=O) groups excluding carboxylic acids is 1. The zero-order valence-electron chi connectivity index (χ0n) is 11.0. The molecule has 0 saturated carbocycles. The fourth-order valence-electron chi connectivity index (χ4n) is 2.18. The molecule has 0 amide bonds. The highest BCUT2D eigenvalue weighted by Crippen LogP contribution is 2.22. The van der Waals surface area contributed by atoms with E-state index in [-0.39, 0.29) is 11.7 Å². The van der Waals surface area contributed by atoms with E-state index in [1.54, 1.807) is 0 Å². The number of aliphatic carboxylic acids is 1. The van der Waals surface area contributed by atoms with Crippen molar-refractivity contribution in [2.45, 2.75) is 50.7 Å². The van der Waals surface area contributed by atoms with E-state index in [4.69, 9.17) is 22.0 Å². The van der Waals surface area contributed by atoms with E-state index in [0.29, 0.717) is 25.9 Å². The van der Waals surface area contributed by atoms with Gasteiger partial charge < -0.3 is 15.6 Å². The summed E-state index contributed by atoms with van der Waals surface area (Å²) in [7, 11) is 0. The molecule has 1 fully saturated rings. The Hall–Kier alpha value is -1.38. The molecule has 3 N–H and O–H groups in total. The van der Waals surface area contributed by atoms with Crippen LogP contribution in [0.25, 0.3) is 0 Å². The van der Waals surface area contributed by atoms with Crippen molar-refractivity contribution in [3.63, 3.8) is 0 Å². The van der Waals surface area contributed by atoms with E-state index in [1.807, 2.05) is 0 Å². The molecule has 19 heavy (non-hydrogen) atoms.